The third kappa shape index (κ3) is 2.84. The molecule has 0 amide bonds. The molecule has 2 rings (SSSR count). The minimum atomic E-state index is -0.237. The molecule has 0 unspecified atom stereocenters. The van der Waals surface area contributed by atoms with E-state index in [1.165, 1.54) is 17.0 Å². The van der Waals surface area contributed by atoms with Crippen LogP contribution in [0.1, 0.15) is 10.4 Å². The smallest absolute Gasteiger partial charge is 0.123 e. The number of halogens is 1. The molecule has 0 radical (unpaired) electrons. The van der Waals surface area contributed by atoms with Gasteiger partial charge in [-0.15, -0.1) is 11.3 Å². The Labute approximate surface area is 104 Å². The first-order valence-corrected chi connectivity index (χ1v) is 6.30. The highest BCUT2D eigenvalue weighted by atomic mass is 32.1. The van der Waals surface area contributed by atoms with Gasteiger partial charge in [-0.05, 0) is 35.2 Å². The summed E-state index contributed by atoms with van der Waals surface area (Å²) in [4.78, 5) is 3.37. The van der Waals surface area contributed by atoms with Crippen molar-refractivity contribution in [1.82, 2.24) is 0 Å². The first-order valence-electron chi connectivity index (χ1n) is 5.42. The summed E-state index contributed by atoms with van der Waals surface area (Å²) in [7, 11) is 1.99. The molecular formula is C13H15FN2S. The molecular weight excluding hydrogens is 235 g/mol. The second-order valence-corrected chi connectivity index (χ2v) is 4.94. The van der Waals surface area contributed by atoms with Crippen molar-refractivity contribution in [3.63, 3.8) is 0 Å². The molecule has 0 aliphatic carbocycles. The Bertz CT molecular complexity index is 482. The van der Waals surface area contributed by atoms with Crippen molar-refractivity contribution in [3.05, 3.63) is 52.0 Å². The molecule has 0 fully saturated rings. The van der Waals surface area contributed by atoms with Gasteiger partial charge < -0.3 is 10.6 Å². The quantitative estimate of drug-likeness (QED) is 0.904. The Morgan fingerprint density at radius 2 is 2.18 bits per heavy atom. The molecule has 0 spiro atoms. The fourth-order valence-electron chi connectivity index (χ4n) is 1.81. The van der Waals surface area contributed by atoms with E-state index in [1.54, 1.807) is 17.4 Å². The van der Waals surface area contributed by atoms with Crippen LogP contribution in [-0.2, 0) is 13.1 Å². The minimum Gasteiger partial charge on any atom is -0.369 e. The van der Waals surface area contributed by atoms with Crippen molar-refractivity contribution in [2.45, 2.75) is 13.1 Å². The molecule has 1 heterocycles. The van der Waals surface area contributed by atoms with E-state index in [4.69, 9.17) is 5.73 Å². The van der Waals surface area contributed by atoms with Crippen LogP contribution < -0.4 is 10.6 Å². The highest BCUT2D eigenvalue weighted by Crippen LogP contribution is 2.23. The van der Waals surface area contributed by atoms with Gasteiger partial charge in [-0.25, -0.2) is 4.39 Å². The van der Waals surface area contributed by atoms with Crippen LogP contribution in [0.4, 0.5) is 10.1 Å². The summed E-state index contributed by atoms with van der Waals surface area (Å²) >= 11 is 1.72. The number of thiophene rings is 1. The van der Waals surface area contributed by atoms with Crippen molar-refractivity contribution in [2.24, 2.45) is 5.73 Å². The van der Waals surface area contributed by atoms with Gasteiger partial charge in [0.2, 0.25) is 0 Å². The van der Waals surface area contributed by atoms with Gasteiger partial charge in [-0.1, -0.05) is 6.07 Å². The molecule has 17 heavy (non-hydrogen) atoms. The van der Waals surface area contributed by atoms with E-state index in [9.17, 15) is 4.39 Å². The van der Waals surface area contributed by atoms with E-state index in [0.717, 1.165) is 17.8 Å². The average Bonchev–Trinajstić information content (AvgIpc) is 2.81. The van der Waals surface area contributed by atoms with Crippen LogP contribution >= 0.6 is 11.3 Å². The maximum Gasteiger partial charge on any atom is 0.123 e. The molecule has 0 saturated carbocycles. The van der Waals surface area contributed by atoms with Gasteiger partial charge in [0.25, 0.3) is 0 Å². The Kier molecular flexibility index (Phi) is 3.76. The number of hydrogen-bond donors (Lipinski definition) is 1. The van der Waals surface area contributed by atoms with E-state index >= 15 is 0 Å². The third-order valence-corrected chi connectivity index (χ3v) is 3.51. The average molecular weight is 250 g/mol. The summed E-state index contributed by atoms with van der Waals surface area (Å²) in [6.07, 6.45) is 0. The minimum absolute atomic E-state index is 0.237. The lowest BCUT2D eigenvalue weighted by Crippen LogP contribution is -2.18. The van der Waals surface area contributed by atoms with E-state index in [2.05, 4.69) is 16.3 Å². The van der Waals surface area contributed by atoms with Crippen LogP contribution in [0.2, 0.25) is 0 Å². The number of nitrogens with zero attached hydrogens (tertiary/aromatic N) is 1. The van der Waals surface area contributed by atoms with Gasteiger partial charge in [0, 0.05) is 24.2 Å². The molecule has 2 N–H and O–H groups in total. The van der Waals surface area contributed by atoms with E-state index in [0.29, 0.717) is 6.54 Å². The van der Waals surface area contributed by atoms with Crippen molar-refractivity contribution in [2.75, 3.05) is 11.9 Å². The fraction of sp³-hybridized carbons (Fsp3) is 0.231. The van der Waals surface area contributed by atoms with Crippen molar-refractivity contribution in [3.8, 4) is 0 Å². The molecule has 1 aromatic carbocycles. The third-order valence-electron chi connectivity index (χ3n) is 2.65. The van der Waals surface area contributed by atoms with E-state index in [-0.39, 0.29) is 5.82 Å². The molecule has 1 aromatic heterocycles. The van der Waals surface area contributed by atoms with Gasteiger partial charge in [0.05, 0.1) is 6.54 Å². The summed E-state index contributed by atoms with van der Waals surface area (Å²) in [5, 5.41) is 2.05. The normalized spacial score (nSPS) is 10.5. The lowest BCUT2D eigenvalue weighted by atomic mass is 10.1. The number of hydrogen-bond acceptors (Lipinski definition) is 3. The van der Waals surface area contributed by atoms with E-state index < -0.39 is 0 Å². The highest BCUT2D eigenvalue weighted by Gasteiger charge is 2.08. The summed E-state index contributed by atoms with van der Waals surface area (Å²) < 4.78 is 13.1. The van der Waals surface area contributed by atoms with Crippen LogP contribution in [0.15, 0.2) is 35.7 Å². The number of benzene rings is 1. The van der Waals surface area contributed by atoms with Gasteiger partial charge in [-0.2, -0.15) is 0 Å². The number of nitrogens with two attached hydrogens (primary N) is 1. The zero-order chi connectivity index (χ0) is 12.3. The number of anilines is 1. The van der Waals surface area contributed by atoms with Crippen LogP contribution in [0.25, 0.3) is 0 Å². The molecule has 90 valence electrons. The Balaban J connectivity index is 2.21. The molecule has 0 atom stereocenters. The molecule has 0 saturated heterocycles. The molecule has 4 heteroatoms. The van der Waals surface area contributed by atoms with Crippen molar-refractivity contribution < 1.29 is 4.39 Å². The SMILES string of the molecule is CN(Cc1cccs1)c1ccc(F)cc1CN. The van der Waals surface area contributed by atoms with Gasteiger partial charge in [0.15, 0.2) is 0 Å². The Hall–Kier alpha value is -1.39. The molecule has 0 bridgehead atoms. The zero-order valence-electron chi connectivity index (χ0n) is 9.69. The fourth-order valence-corrected chi connectivity index (χ4v) is 2.57. The number of rotatable bonds is 4. The molecule has 2 nitrogen and oxygen atoms in total. The van der Waals surface area contributed by atoms with Crippen LogP contribution in [0, 0.1) is 5.82 Å². The Morgan fingerprint density at radius 1 is 1.35 bits per heavy atom. The lowest BCUT2D eigenvalue weighted by Gasteiger charge is -2.21. The van der Waals surface area contributed by atoms with Gasteiger partial charge in [0.1, 0.15) is 5.82 Å². The van der Waals surface area contributed by atoms with E-state index in [1.807, 2.05) is 13.1 Å². The van der Waals surface area contributed by atoms with Crippen LogP contribution in [0.3, 0.4) is 0 Å². The molecule has 0 aliphatic rings. The molecule has 0 aliphatic heterocycles. The lowest BCUT2D eigenvalue weighted by molar-refractivity contribution is 0.625. The predicted octanol–water partition coefficient (Wildman–Crippen LogP) is 2.98. The summed E-state index contributed by atoms with van der Waals surface area (Å²) in [6.45, 7) is 1.16. The van der Waals surface area contributed by atoms with Crippen molar-refractivity contribution in [1.29, 1.82) is 0 Å². The maximum atomic E-state index is 13.1. The first-order chi connectivity index (χ1) is 8.20. The summed E-state index contributed by atoms with van der Waals surface area (Å²) in [5.41, 5.74) is 7.47. The van der Waals surface area contributed by atoms with Gasteiger partial charge in [-0.3, -0.25) is 0 Å². The Morgan fingerprint density at radius 3 is 2.82 bits per heavy atom. The van der Waals surface area contributed by atoms with Crippen LogP contribution in [-0.4, -0.2) is 7.05 Å². The first kappa shape index (κ1) is 12.1. The summed E-state index contributed by atoms with van der Waals surface area (Å²) in [5.74, 6) is -0.237. The second kappa shape index (κ2) is 5.29. The molecule has 2 aromatic rings. The van der Waals surface area contributed by atoms with Crippen LogP contribution in [0.5, 0.6) is 0 Å². The second-order valence-electron chi connectivity index (χ2n) is 3.91. The largest absolute Gasteiger partial charge is 0.369 e. The monoisotopic (exact) mass is 250 g/mol. The van der Waals surface area contributed by atoms with Gasteiger partial charge >= 0.3 is 0 Å². The highest BCUT2D eigenvalue weighted by molar-refractivity contribution is 7.09. The maximum absolute atomic E-state index is 13.1. The zero-order valence-corrected chi connectivity index (χ0v) is 10.5. The standard InChI is InChI=1S/C13H15FN2S/c1-16(9-12-3-2-6-17-12)13-5-4-11(14)7-10(13)8-15/h2-7H,8-9,15H2,1H3. The van der Waals surface area contributed by atoms with Crippen molar-refractivity contribution >= 4 is 17.0 Å². The predicted molar refractivity (Wildman–Crippen MR) is 70.7 cm³/mol. The summed E-state index contributed by atoms with van der Waals surface area (Å²) in [6, 6.07) is 8.87. The topological polar surface area (TPSA) is 29.3 Å².